The molecule has 19 heavy (non-hydrogen) atoms. The van der Waals surface area contributed by atoms with Crippen LogP contribution in [0.3, 0.4) is 0 Å². The van der Waals surface area contributed by atoms with Gasteiger partial charge in [-0.25, -0.2) is 4.99 Å². The summed E-state index contributed by atoms with van der Waals surface area (Å²) in [5, 5.41) is 4.12. The van der Waals surface area contributed by atoms with E-state index in [1.165, 1.54) is 0 Å². The van der Waals surface area contributed by atoms with Gasteiger partial charge in [-0.3, -0.25) is 4.68 Å². The zero-order chi connectivity index (χ0) is 13.8. The predicted octanol–water partition coefficient (Wildman–Crippen LogP) is 0.307. The quantitative estimate of drug-likeness (QED) is 0.529. The Bertz CT molecular complexity index is 635. The largest absolute Gasteiger partial charge is 0.370 e. The van der Waals surface area contributed by atoms with Crippen LogP contribution >= 0.6 is 0 Å². The van der Waals surface area contributed by atoms with Crippen molar-refractivity contribution in [1.29, 1.82) is 0 Å². The second kappa shape index (κ2) is 5.21. The van der Waals surface area contributed by atoms with Crippen LogP contribution in [0.5, 0.6) is 0 Å². The van der Waals surface area contributed by atoms with Crippen molar-refractivity contribution in [1.82, 2.24) is 9.78 Å². The van der Waals surface area contributed by atoms with Crippen LogP contribution in [0.15, 0.2) is 46.6 Å². The van der Waals surface area contributed by atoms with Gasteiger partial charge >= 0.3 is 0 Å². The van der Waals surface area contributed by atoms with Crippen LogP contribution in [0.25, 0.3) is 11.1 Å². The molecule has 7 nitrogen and oxygen atoms in total. The molecule has 0 aliphatic heterocycles. The molecule has 6 N–H and O–H groups in total. The molecule has 0 bridgehead atoms. The summed E-state index contributed by atoms with van der Waals surface area (Å²) in [6, 6.07) is 7.54. The number of aromatic nitrogens is 2. The standard InChI is InChI=1S/C12H15N7/c1-19-7-9(6-16-19)8-3-2-4-10(5-8)17-12(15)18-11(13)14/h2-7H,1H3,(H6,13,14,15,17,18). The first-order valence-corrected chi connectivity index (χ1v) is 5.57. The second-order valence-corrected chi connectivity index (χ2v) is 3.96. The van der Waals surface area contributed by atoms with Crippen molar-refractivity contribution in [3.63, 3.8) is 0 Å². The first-order valence-electron chi connectivity index (χ1n) is 5.57. The molecule has 0 aliphatic rings. The summed E-state index contributed by atoms with van der Waals surface area (Å²) in [6.45, 7) is 0. The third-order valence-corrected chi connectivity index (χ3v) is 2.37. The van der Waals surface area contributed by atoms with Gasteiger partial charge in [0.15, 0.2) is 5.96 Å². The third kappa shape index (κ3) is 3.32. The van der Waals surface area contributed by atoms with Crippen molar-refractivity contribution in [3.8, 4) is 11.1 Å². The fourth-order valence-corrected chi connectivity index (χ4v) is 1.61. The minimum Gasteiger partial charge on any atom is -0.370 e. The lowest BCUT2D eigenvalue weighted by molar-refractivity contribution is 0.768. The highest BCUT2D eigenvalue weighted by molar-refractivity contribution is 5.93. The van der Waals surface area contributed by atoms with E-state index in [0.717, 1.165) is 11.1 Å². The Balaban J connectivity index is 2.32. The van der Waals surface area contributed by atoms with Gasteiger partial charge in [0.05, 0.1) is 11.9 Å². The van der Waals surface area contributed by atoms with Crippen molar-refractivity contribution < 1.29 is 0 Å². The molecule has 1 aromatic carbocycles. The fourth-order valence-electron chi connectivity index (χ4n) is 1.61. The number of nitrogens with two attached hydrogens (primary N) is 3. The van der Waals surface area contributed by atoms with Crippen molar-refractivity contribution in [2.24, 2.45) is 34.2 Å². The zero-order valence-electron chi connectivity index (χ0n) is 10.5. The van der Waals surface area contributed by atoms with Crippen LogP contribution < -0.4 is 17.2 Å². The van der Waals surface area contributed by atoms with Gasteiger partial charge in [-0.1, -0.05) is 12.1 Å². The molecule has 0 aliphatic carbocycles. The zero-order valence-corrected chi connectivity index (χ0v) is 10.5. The lowest BCUT2D eigenvalue weighted by atomic mass is 10.1. The average Bonchev–Trinajstić information content (AvgIpc) is 2.75. The molecule has 2 rings (SSSR count). The molecular formula is C12H15N7. The van der Waals surface area contributed by atoms with Gasteiger partial charge in [-0.05, 0) is 17.7 Å². The van der Waals surface area contributed by atoms with Crippen molar-refractivity contribution in [2.75, 3.05) is 0 Å². The van der Waals surface area contributed by atoms with Gasteiger partial charge in [0.1, 0.15) is 0 Å². The van der Waals surface area contributed by atoms with E-state index in [1.54, 1.807) is 10.9 Å². The molecule has 0 amide bonds. The van der Waals surface area contributed by atoms with E-state index in [0.29, 0.717) is 5.69 Å². The first-order chi connectivity index (χ1) is 9.04. The van der Waals surface area contributed by atoms with Crippen LogP contribution in [0.4, 0.5) is 5.69 Å². The lowest BCUT2D eigenvalue weighted by Gasteiger charge is -2.00. The summed E-state index contributed by atoms with van der Waals surface area (Å²) in [7, 11) is 1.86. The Morgan fingerprint density at radius 2 is 2.00 bits per heavy atom. The second-order valence-electron chi connectivity index (χ2n) is 3.96. The van der Waals surface area contributed by atoms with Gasteiger partial charge in [-0.2, -0.15) is 10.1 Å². The maximum absolute atomic E-state index is 5.59. The van der Waals surface area contributed by atoms with Crippen molar-refractivity contribution in [2.45, 2.75) is 0 Å². The number of hydrogen-bond acceptors (Lipinski definition) is 2. The average molecular weight is 257 g/mol. The monoisotopic (exact) mass is 257 g/mol. The number of nitrogens with zero attached hydrogens (tertiary/aromatic N) is 4. The van der Waals surface area contributed by atoms with Gasteiger partial charge in [-0.15, -0.1) is 0 Å². The molecule has 0 unspecified atom stereocenters. The maximum Gasteiger partial charge on any atom is 0.223 e. The summed E-state index contributed by atoms with van der Waals surface area (Å²) >= 11 is 0. The smallest absolute Gasteiger partial charge is 0.223 e. The Labute approximate surface area is 110 Å². The number of aliphatic imine (C=N–C) groups is 2. The van der Waals surface area contributed by atoms with E-state index in [2.05, 4.69) is 15.1 Å². The van der Waals surface area contributed by atoms with Crippen LogP contribution in [-0.2, 0) is 7.05 Å². The summed E-state index contributed by atoms with van der Waals surface area (Å²) in [6.07, 6.45) is 3.70. The third-order valence-electron chi connectivity index (χ3n) is 2.37. The Morgan fingerprint density at radius 3 is 2.63 bits per heavy atom. The summed E-state index contributed by atoms with van der Waals surface area (Å²) < 4.78 is 1.74. The van der Waals surface area contributed by atoms with E-state index in [-0.39, 0.29) is 11.9 Å². The van der Waals surface area contributed by atoms with Gasteiger partial charge in [0.2, 0.25) is 5.96 Å². The molecular weight excluding hydrogens is 242 g/mol. The van der Waals surface area contributed by atoms with Crippen LogP contribution in [0.2, 0.25) is 0 Å². The minimum absolute atomic E-state index is 0.0170. The summed E-state index contributed by atoms with van der Waals surface area (Å²) in [5.41, 5.74) is 18.7. The van der Waals surface area contributed by atoms with E-state index in [4.69, 9.17) is 17.2 Å². The Hall–Kier alpha value is -2.83. The predicted molar refractivity (Wildman–Crippen MR) is 75.7 cm³/mol. The van der Waals surface area contributed by atoms with E-state index in [1.807, 2.05) is 37.5 Å². The molecule has 1 heterocycles. The van der Waals surface area contributed by atoms with Crippen LogP contribution in [-0.4, -0.2) is 21.7 Å². The van der Waals surface area contributed by atoms with Gasteiger partial charge in [0, 0.05) is 18.8 Å². The summed E-state index contributed by atoms with van der Waals surface area (Å²) in [5.74, 6) is -0.104. The van der Waals surface area contributed by atoms with Crippen molar-refractivity contribution in [3.05, 3.63) is 36.7 Å². The van der Waals surface area contributed by atoms with Crippen LogP contribution in [0, 0.1) is 0 Å². The number of benzene rings is 1. The van der Waals surface area contributed by atoms with Crippen molar-refractivity contribution >= 4 is 17.6 Å². The molecule has 98 valence electrons. The SMILES string of the molecule is Cn1cc(-c2cccc(N=C(N)N=C(N)N)c2)cn1. The summed E-state index contributed by atoms with van der Waals surface area (Å²) in [4.78, 5) is 7.77. The first kappa shape index (κ1) is 12.6. The molecule has 2 aromatic rings. The van der Waals surface area contributed by atoms with E-state index < -0.39 is 0 Å². The minimum atomic E-state index is -0.121. The van der Waals surface area contributed by atoms with E-state index in [9.17, 15) is 0 Å². The highest BCUT2D eigenvalue weighted by atomic mass is 15.2. The van der Waals surface area contributed by atoms with Gasteiger partial charge < -0.3 is 17.2 Å². The molecule has 0 atom stereocenters. The molecule has 0 fully saturated rings. The Kier molecular flexibility index (Phi) is 3.46. The molecule has 0 radical (unpaired) electrons. The fraction of sp³-hybridized carbons (Fsp3) is 0.0833. The lowest BCUT2D eigenvalue weighted by Crippen LogP contribution is -2.26. The number of rotatable bonds is 2. The topological polar surface area (TPSA) is 121 Å². The molecule has 7 heteroatoms. The molecule has 1 aromatic heterocycles. The highest BCUT2D eigenvalue weighted by Gasteiger charge is 2.01. The normalized spacial score (nSPS) is 11.3. The highest BCUT2D eigenvalue weighted by Crippen LogP contribution is 2.23. The Morgan fingerprint density at radius 1 is 1.21 bits per heavy atom. The molecule has 0 saturated carbocycles. The number of aryl methyl sites for hydroxylation is 1. The van der Waals surface area contributed by atoms with Crippen LogP contribution in [0.1, 0.15) is 0 Å². The molecule has 0 spiro atoms. The number of hydrogen-bond donors (Lipinski definition) is 3. The van der Waals surface area contributed by atoms with Gasteiger partial charge in [0.25, 0.3) is 0 Å². The molecule has 0 saturated heterocycles. The maximum atomic E-state index is 5.59. The van der Waals surface area contributed by atoms with E-state index >= 15 is 0 Å². The number of guanidine groups is 2.